The molecule has 0 saturated carbocycles. The number of hydrogen-bond donors (Lipinski definition) is 1. The van der Waals surface area contributed by atoms with Crippen LogP contribution in [-0.4, -0.2) is 16.4 Å². The molecule has 2 aromatic rings. The number of imidazole rings is 1. The monoisotopic (exact) mass is 231 g/mol. The van der Waals surface area contributed by atoms with Crippen LogP contribution in [0.4, 0.5) is 0 Å². The van der Waals surface area contributed by atoms with Crippen molar-refractivity contribution in [2.24, 2.45) is 0 Å². The first kappa shape index (κ1) is 11.5. The van der Waals surface area contributed by atoms with E-state index in [9.17, 15) is 0 Å². The van der Waals surface area contributed by atoms with E-state index in [1.54, 1.807) is 11.3 Å². The zero-order valence-corrected chi connectivity index (χ0v) is 10.1. The average molecular weight is 232 g/mol. The van der Waals surface area contributed by atoms with Crippen LogP contribution in [0.15, 0.2) is 6.20 Å². The summed E-state index contributed by atoms with van der Waals surface area (Å²) < 4.78 is 2.17. The molecule has 0 atom stereocenters. The number of rotatable bonds is 2. The molecule has 0 radical (unpaired) electrons. The van der Waals surface area contributed by atoms with E-state index in [2.05, 4.69) is 34.7 Å². The van der Waals surface area contributed by atoms with E-state index in [0.29, 0.717) is 0 Å². The summed E-state index contributed by atoms with van der Waals surface area (Å²) >= 11 is 1.74. The molecule has 0 amide bonds. The molecular weight excluding hydrogens is 218 g/mol. The fourth-order valence-electron chi connectivity index (χ4n) is 1.49. The van der Waals surface area contributed by atoms with E-state index in [0.717, 1.165) is 17.2 Å². The van der Waals surface area contributed by atoms with E-state index in [4.69, 9.17) is 0 Å². The zero-order chi connectivity index (χ0) is 9.42. The van der Waals surface area contributed by atoms with Gasteiger partial charge in [0.05, 0.1) is 11.4 Å². The fourth-order valence-corrected chi connectivity index (χ4v) is 2.38. The highest BCUT2D eigenvalue weighted by Gasteiger charge is 2.09. The topological polar surface area (TPSA) is 29.3 Å². The van der Waals surface area contributed by atoms with E-state index in [-0.39, 0.29) is 12.4 Å². The molecule has 1 N–H and O–H groups in total. The second kappa shape index (κ2) is 4.29. The van der Waals surface area contributed by atoms with Crippen molar-refractivity contribution in [1.82, 2.24) is 14.7 Å². The first-order chi connectivity index (χ1) is 6.22. The summed E-state index contributed by atoms with van der Waals surface area (Å²) in [5.74, 6) is 0. The second-order valence-electron chi connectivity index (χ2n) is 3.17. The van der Waals surface area contributed by atoms with Gasteiger partial charge in [-0.15, -0.1) is 23.7 Å². The Morgan fingerprint density at radius 2 is 2.21 bits per heavy atom. The lowest BCUT2D eigenvalue weighted by molar-refractivity contribution is 0.776. The number of thiazole rings is 1. The number of halogens is 1. The second-order valence-corrected chi connectivity index (χ2v) is 4.38. The Labute approximate surface area is 93.6 Å². The number of hydrogen-bond acceptors (Lipinski definition) is 3. The zero-order valence-electron chi connectivity index (χ0n) is 8.50. The van der Waals surface area contributed by atoms with Gasteiger partial charge in [0.15, 0.2) is 4.96 Å². The minimum atomic E-state index is 0. The van der Waals surface area contributed by atoms with Crippen molar-refractivity contribution in [3.05, 3.63) is 22.5 Å². The van der Waals surface area contributed by atoms with Crippen molar-refractivity contribution in [2.45, 2.75) is 20.4 Å². The van der Waals surface area contributed by atoms with Crippen molar-refractivity contribution < 1.29 is 0 Å². The van der Waals surface area contributed by atoms with Gasteiger partial charge in [-0.05, 0) is 20.9 Å². The van der Waals surface area contributed by atoms with Crippen LogP contribution in [0.25, 0.3) is 4.96 Å². The van der Waals surface area contributed by atoms with E-state index in [1.165, 1.54) is 10.6 Å². The van der Waals surface area contributed by atoms with Crippen LogP contribution in [0.5, 0.6) is 0 Å². The number of aryl methyl sites for hydroxylation is 2. The van der Waals surface area contributed by atoms with Gasteiger partial charge in [0.25, 0.3) is 0 Å². The largest absolute Gasteiger partial charge is 0.314 e. The Morgan fingerprint density at radius 3 is 2.86 bits per heavy atom. The van der Waals surface area contributed by atoms with Gasteiger partial charge in [0.1, 0.15) is 0 Å². The lowest BCUT2D eigenvalue weighted by Gasteiger charge is -1.98. The molecule has 0 aromatic carbocycles. The number of nitrogens with one attached hydrogen (secondary N) is 1. The predicted molar refractivity (Wildman–Crippen MR) is 62.6 cm³/mol. The molecule has 2 aromatic heterocycles. The molecular formula is C9H14ClN3S. The smallest absolute Gasteiger partial charge is 0.194 e. The van der Waals surface area contributed by atoms with Crippen molar-refractivity contribution in [2.75, 3.05) is 7.05 Å². The van der Waals surface area contributed by atoms with Gasteiger partial charge >= 0.3 is 0 Å². The van der Waals surface area contributed by atoms with E-state index < -0.39 is 0 Å². The maximum Gasteiger partial charge on any atom is 0.194 e. The van der Waals surface area contributed by atoms with Crippen LogP contribution in [-0.2, 0) is 6.54 Å². The maximum absolute atomic E-state index is 4.49. The molecule has 2 heterocycles. The summed E-state index contributed by atoms with van der Waals surface area (Å²) in [6, 6.07) is 0. The van der Waals surface area contributed by atoms with Gasteiger partial charge in [-0.25, -0.2) is 4.98 Å². The van der Waals surface area contributed by atoms with Gasteiger partial charge in [-0.2, -0.15) is 0 Å². The minimum absolute atomic E-state index is 0. The summed E-state index contributed by atoms with van der Waals surface area (Å²) in [5.41, 5.74) is 2.39. The third-order valence-electron chi connectivity index (χ3n) is 2.09. The summed E-state index contributed by atoms with van der Waals surface area (Å²) in [6.07, 6.45) is 2.15. The number of fused-ring (bicyclic) bond motifs is 1. The molecule has 5 heteroatoms. The van der Waals surface area contributed by atoms with Crippen LogP contribution in [0, 0.1) is 13.8 Å². The quantitative estimate of drug-likeness (QED) is 0.859. The number of aromatic nitrogens is 2. The Bertz CT molecular complexity index is 432. The first-order valence-electron chi connectivity index (χ1n) is 4.31. The fraction of sp³-hybridized carbons (Fsp3) is 0.444. The molecule has 0 saturated heterocycles. The lowest BCUT2D eigenvalue weighted by atomic mass is 10.3. The standard InChI is InChI=1S/C9H13N3S.ClH/c1-6-5-12-8(4-10-3)7(2)11-9(12)13-6;/h5,10H,4H2,1-3H3;1H. The predicted octanol–water partition coefficient (Wildman–Crippen LogP) is 2.15. The lowest BCUT2D eigenvalue weighted by Crippen LogP contribution is -2.08. The molecule has 3 nitrogen and oxygen atoms in total. The average Bonchev–Trinajstić information content (AvgIpc) is 2.52. The van der Waals surface area contributed by atoms with E-state index in [1.807, 2.05) is 7.05 Å². The van der Waals surface area contributed by atoms with Gasteiger partial charge < -0.3 is 5.32 Å². The first-order valence-corrected chi connectivity index (χ1v) is 5.12. The van der Waals surface area contributed by atoms with E-state index >= 15 is 0 Å². The Hall–Kier alpha value is -0.580. The Balaban J connectivity index is 0.000000980. The summed E-state index contributed by atoms with van der Waals surface area (Å²) in [7, 11) is 1.96. The van der Waals surface area contributed by atoms with Crippen LogP contribution in [0.1, 0.15) is 16.3 Å². The van der Waals surface area contributed by atoms with Crippen LogP contribution < -0.4 is 5.32 Å². The van der Waals surface area contributed by atoms with Crippen LogP contribution in [0.2, 0.25) is 0 Å². The minimum Gasteiger partial charge on any atom is -0.314 e. The molecule has 0 aliphatic rings. The molecule has 78 valence electrons. The summed E-state index contributed by atoms with van der Waals surface area (Å²) in [4.78, 5) is 6.90. The molecule has 0 aliphatic carbocycles. The maximum atomic E-state index is 4.49. The molecule has 0 unspecified atom stereocenters. The van der Waals surface area contributed by atoms with Crippen LogP contribution >= 0.6 is 23.7 Å². The summed E-state index contributed by atoms with van der Waals surface area (Å²) in [5, 5.41) is 3.16. The normalized spacial score (nSPS) is 10.5. The Morgan fingerprint density at radius 1 is 1.50 bits per heavy atom. The molecule has 0 bridgehead atoms. The highest BCUT2D eigenvalue weighted by atomic mass is 35.5. The molecule has 0 fully saturated rings. The number of nitrogens with zero attached hydrogens (tertiary/aromatic N) is 2. The third-order valence-corrected chi connectivity index (χ3v) is 2.98. The summed E-state index contributed by atoms with van der Waals surface area (Å²) in [6.45, 7) is 5.04. The van der Waals surface area contributed by atoms with Gasteiger partial charge in [-0.3, -0.25) is 4.40 Å². The van der Waals surface area contributed by atoms with Crippen molar-refractivity contribution >= 4 is 28.7 Å². The van der Waals surface area contributed by atoms with Gasteiger partial charge in [0, 0.05) is 17.6 Å². The third kappa shape index (κ3) is 1.78. The SMILES string of the molecule is CNCc1c(C)nc2sc(C)cn12.Cl. The molecule has 2 rings (SSSR count). The molecule has 14 heavy (non-hydrogen) atoms. The Kier molecular flexibility index (Phi) is 3.53. The highest BCUT2D eigenvalue weighted by molar-refractivity contribution is 7.17. The molecule has 0 aliphatic heterocycles. The van der Waals surface area contributed by atoms with Crippen molar-refractivity contribution in [3.8, 4) is 0 Å². The molecule has 0 spiro atoms. The van der Waals surface area contributed by atoms with Crippen molar-refractivity contribution in [3.63, 3.8) is 0 Å². The van der Waals surface area contributed by atoms with Crippen molar-refractivity contribution in [1.29, 1.82) is 0 Å². The highest BCUT2D eigenvalue weighted by Crippen LogP contribution is 2.20. The van der Waals surface area contributed by atoms with Gasteiger partial charge in [0.2, 0.25) is 0 Å². The van der Waals surface area contributed by atoms with Gasteiger partial charge in [-0.1, -0.05) is 0 Å². The van der Waals surface area contributed by atoms with Crippen LogP contribution in [0.3, 0.4) is 0 Å².